The van der Waals surface area contributed by atoms with Crippen LogP contribution in [0.3, 0.4) is 0 Å². The van der Waals surface area contributed by atoms with Crippen molar-refractivity contribution in [3.63, 3.8) is 0 Å². The highest BCUT2D eigenvalue weighted by Gasteiger charge is 2.05. The minimum atomic E-state index is 0.926. The van der Waals surface area contributed by atoms with E-state index in [2.05, 4.69) is 18.0 Å². The van der Waals surface area contributed by atoms with Crippen molar-refractivity contribution in [3.8, 4) is 5.75 Å². The largest absolute Gasteiger partial charge is 0.495 e. The van der Waals surface area contributed by atoms with Crippen molar-refractivity contribution in [1.82, 2.24) is 4.98 Å². The molecule has 0 bridgehead atoms. The molecule has 68 valence electrons. The molecule has 13 heavy (non-hydrogen) atoms. The van der Waals surface area contributed by atoms with E-state index in [4.69, 9.17) is 4.74 Å². The van der Waals surface area contributed by atoms with Gasteiger partial charge < -0.3 is 4.74 Å². The van der Waals surface area contributed by atoms with E-state index in [1.807, 2.05) is 6.07 Å². The van der Waals surface area contributed by atoms with E-state index < -0.39 is 0 Å². The maximum Gasteiger partial charge on any atom is 0.139 e. The Balaban J connectivity index is 2.67. The zero-order chi connectivity index (χ0) is 9.26. The Kier molecular flexibility index (Phi) is 2.19. The van der Waals surface area contributed by atoms with Crippen molar-refractivity contribution in [2.75, 3.05) is 7.11 Å². The lowest BCUT2D eigenvalue weighted by Crippen LogP contribution is -1.82. The first-order valence-corrected chi connectivity index (χ1v) is 5.08. The number of aromatic nitrogens is 1. The maximum atomic E-state index is 5.26. The number of pyridine rings is 1. The zero-order valence-corrected chi connectivity index (χ0v) is 8.52. The second-order valence-corrected chi connectivity index (χ2v) is 3.93. The average molecular weight is 193 g/mol. The topological polar surface area (TPSA) is 22.1 Å². The predicted octanol–water partition coefficient (Wildman–Crippen LogP) is 2.87. The van der Waals surface area contributed by atoms with Gasteiger partial charge in [-0.25, -0.2) is 0 Å². The molecule has 3 heteroatoms. The Labute approximate surface area is 81.2 Å². The smallest absolute Gasteiger partial charge is 0.139 e. The monoisotopic (exact) mass is 193 g/mol. The van der Waals surface area contributed by atoms with Crippen LogP contribution in [0.5, 0.6) is 5.75 Å². The van der Waals surface area contributed by atoms with Crippen LogP contribution in [0, 0.1) is 0 Å². The predicted molar refractivity (Wildman–Crippen MR) is 55.6 cm³/mol. The van der Waals surface area contributed by atoms with E-state index in [1.54, 1.807) is 24.6 Å². The van der Waals surface area contributed by atoms with Crippen LogP contribution in [0.1, 0.15) is 11.8 Å². The highest BCUT2D eigenvalue weighted by molar-refractivity contribution is 7.19. The number of ether oxygens (including phenoxy) is 1. The summed E-state index contributed by atoms with van der Waals surface area (Å²) in [7, 11) is 1.69. The van der Waals surface area contributed by atoms with Crippen LogP contribution in [0.2, 0.25) is 0 Å². The lowest BCUT2D eigenvalue weighted by atomic mass is 10.3. The highest BCUT2D eigenvalue weighted by Crippen LogP contribution is 2.31. The van der Waals surface area contributed by atoms with Gasteiger partial charge in [-0.15, -0.1) is 11.3 Å². The second kappa shape index (κ2) is 3.34. The minimum Gasteiger partial charge on any atom is -0.495 e. The van der Waals surface area contributed by atoms with Crippen LogP contribution in [-0.2, 0) is 6.42 Å². The Morgan fingerprint density at radius 2 is 2.38 bits per heavy atom. The van der Waals surface area contributed by atoms with Crippen LogP contribution >= 0.6 is 11.3 Å². The van der Waals surface area contributed by atoms with E-state index in [-0.39, 0.29) is 0 Å². The summed E-state index contributed by atoms with van der Waals surface area (Å²) < 4.78 is 6.41. The number of hydrogen-bond donors (Lipinski definition) is 0. The summed E-state index contributed by atoms with van der Waals surface area (Å²) >= 11 is 1.76. The van der Waals surface area contributed by atoms with Crippen molar-refractivity contribution in [1.29, 1.82) is 0 Å². The van der Waals surface area contributed by atoms with Crippen LogP contribution in [-0.4, -0.2) is 12.1 Å². The quantitative estimate of drug-likeness (QED) is 0.731. The molecule has 2 rings (SSSR count). The van der Waals surface area contributed by atoms with Crippen molar-refractivity contribution in [3.05, 3.63) is 23.2 Å². The molecule has 0 aliphatic rings. The molecule has 0 spiro atoms. The molecule has 0 radical (unpaired) electrons. The average Bonchev–Trinajstić information content (AvgIpc) is 2.59. The van der Waals surface area contributed by atoms with Gasteiger partial charge in [0.25, 0.3) is 0 Å². The molecule has 0 aliphatic carbocycles. The normalized spacial score (nSPS) is 10.6. The summed E-state index contributed by atoms with van der Waals surface area (Å²) in [6.45, 7) is 2.15. The fourth-order valence-electron chi connectivity index (χ4n) is 1.30. The molecule has 0 unspecified atom stereocenters. The van der Waals surface area contributed by atoms with Crippen molar-refractivity contribution in [2.24, 2.45) is 0 Å². The maximum absolute atomic E-state index is 5.26. The number of nitrogens with zero attached hydrogens (tertiary/aromatic N) is 1. The standard InChI is InChI=1S/C10H11NOS/c1-3-7-6-8-10(13-7)9(12-2)4-5-11-8/h4-6H,3H2,1-2H3. The summed E-state index contributed by atoms with van der Waals surface area (Å²) in [4.78, 5) is 5.64. The number of fused-ring (bicyclic) bond motifs is 1. The molecule has 2 heterocycles. The van der Waals surface area contributed by atoms with Gasteiger partial charge in [0.05, 0.1) is 17.3 Å². The van der Waals surface area contributed by atoms with Gasteiger partial charge in [0.2, 0.25) is 0 Å². The number of aryl methyl sites for hydroxylation is 1. The molecule has 0 saturated heterocycles. The first kappa shape index (κ1) is 8.51. The van der Waals surface area contributed by atoms with Crippen LogP contribution < -0.4 is 4.74 Å². The number of methoxy groups -OCH3 is 1. The van der Waals surface area contributed by atoms with Crippen LogP contribution in [0.4, 0.5) is 0 Å². The molecule has 0 atom stereocenters. The number of thiophene rings is 1. The van der Waals surface area contributed by atoms with Crippen LogP contribution in [0.25, 0.3) is 10.2 Å². The molecule has 0 aliphatic heterocycles. The van der Waals surface area contributed by atoms with E-state index in [0.717, 1.165) is 22.4 Å². The van der Waals surface area contributed by atoms with E-state index >= 15 is 0 Å². The Bertz CT molecular complexity index is 422. The fourth-order valence-corrected chi connectivity index (χ4v) is 2.34. The molecule has 2 aromatic rings. The van der Waals surface area contributed by atoms with Crippen LogP contribution in [0.15, 0.2) is 18.3 Å². The van der Waals surface area contributed by atoms with E-state index in [1.165, 1.54) is 4.88 Å². The lowest BCUT2D eigenvalue weighted by Gasteiger charge is -1.98. The second-order valence-electron chi connectivity index (χ2n) is 2.79. The molecule has 2 nitrogen and oxygen atoms in total. The Morgan fingerprint density at radius 3 is 3.08 bits per heavy atom. The van der Waals surface area contributed by atoms with Crippen molar-refractivity contribution < 1.29 is 4.74 Å². The van der Waals surface area contributed by atoms with E-state index in [0.29, 0.717) is 0 Å². The number of hydrogen-bond acceptors (Lipinski definition) is 3. The van der Waals surface area contributed by atoms with Gasteiger partial charge in [-0.1, -0.05) is 6.92 Å². The van der Waals surface area contributed by atoms with Gasteiger partial charge in [-0.05, 0) is 18.6 Å². The third-order valence-corrected chi connectivity index (χ3v) is 3.28. The third kappa shape index (κ3) is 1.40. The minimum absolute atomic E-state index is 0.926. The summed E-state index contributed by atoms with van der Waals surface area (Å²) in [5.74, 6) is 0.926. The van der Waals surface area contributed by atoms with Gasteiger partial charge in [0, 0.05) is 11.1 Å². The molecule has 0 N–H and O–H groups in total. The Morgan fingerprint density at radius 1 is 1.54 bits per heavy atom. The molecular formula is C10H11NOS. The van der Waals surface area contributed by atoms with Crippen molar-refractivity contribution in [2.45, 2.75) is 13.3 Å². The summed E-state index contributed by atoms with van der Waals surface area (Å²) in [5.41, 5.74) is 1.04. The molecule has 0 saturated carbocycles. The zero-order valence-electron chi connectivity index (χ0n) is 7.70. The molecular weight excluding hydrogens is 182 g/mol. The molecule has 0 fully saturated rings. The fraction of sp³-hybridized carbons (Fsp3) is 0.300. The lowest BCUT2D eigenvalue weighted by molar-refractivity contribution is 0.420. The SMILES string of the molecule is CCc1cc2nccc(OC)c2s1. The first-order chi connectivity index (χ1) is 6.35. The molecule has 0 aromatic carbocycles. The Hall–Kier alpha value is -1.09. The highest BCUT2D eigenvalue weighted by atomic mass is 32.1. The van der Waals surface area contributed by atoms with Gasteiger partial charge in [0.1, 0.15) is 5.75 Å². The summed E-state index contributed by atoms with van der Waals surface area (Å²) in [6.07, 6.45) is 2.84. The molecule has 0 amide bonds. The van der Waals surface area contributed by atoms with Gasteiger partial charge in [-0.2, -0.15) is 0 Å². The van der Waals surface area contributed by atoms with Crippen molar-refractivity contribution >= 4 is 21.6 Å². The van der Waals surface area contributed by atoms with Gasteiger partial charge in [0.15, 0.2) is 0 Å². The molecule has 2 aromatic heterocycles. The first-order valence-electron chi connectivity index (χ1n) is 4.26. The van der Waals surface area contributed by atoms with E-state index in [9.17, 15) is 0 Å². The third-order valence-electron chi connectivity index (χ3n) is 2.00. The summed E-state index contributed by atoms with van der Waals surface area (Å²) in [5, 5.41) is 0. The van der Waals surface area contributed by atoms with Gasteiger partial charge >= 0.3 is 0 Å². The number of rotatable bonds is 2. The van der Waals surface area contributed by atoms with Gasteiger partial charge in [-0.3, -0.25) is 4.98 Å². The summed E-state index contributed by atoms with van der Waals surface area (Å²) in [6, 6.07) is 4.03.